The number of rotatable bonds is 7. The Morgan fingerprint density at radius 1 is 1.07 bits per heavy atom. The summed E-state index contributed by atoms with van der Waals surface area (Å²) in [5.74, 6) is 0.755. The zero-order chi connectivity index (χ0) is 32.0. The number of piperazine rings is 2. The number of hydrogen-bond acceptors (Lipinski definition) is 10. The number of likely N-dealkylation sites (N-methyl/N-ethyl adjacent to an activating group) is 1. The summed E-state index contributed by atoms with van der Waals surface area (Å²) in [5.41, 5.74) is 2.71. The number of carbonyl (C=O) groups is 1. The summed E-state index contributed by atoms with van der Waals surface area (Å²) in [7, 11) is 3.93. The molecule has 0 bridgehead atoms. The van der Waals surface area contributed by atoms with Gasteiger partial charge in [-0.2, -0.15) is 15.2 Å². The van der Waals surface area contributed by atoms with E-state index in [1.165, 1.54) is 4.90 Å². The number of anilines is 2. The number of fused-ring (bicyclic) bond motifs is 2. The van der Waals surface area contributed by atoms with E-state index in [-0.39, 0.29) is 24.1 Å². The molecule has 3 fully saturated rings. The average Bonchev–Trinajstić information content (AvgIpc) is 3.86. The highest BCUT2D eigenvalue weighted by Crippen LogP contribution is 2.43. The number of hydrogen-bond donors (Lipinski definition) is 1. The first kappa shape index (κ1) is 30.3. The lowest BCUT2D eigenvalue weighted by Gasteiger charge is -2.41. The van der Waals surface area contributed by atoms with Gasteiger partial charge in [-0.15, -0.1) is 0 Å². The maximum Gasteiger partial charge on any atom is 0.407 e. The fourth-order valence-corrected chi connectivity index (χ4v) is 7.30. The van der Waals surface area contributed by atoms with Gasteiger partial charge in [0.1, 0.15) is 12.4 Å². The quantitative estimate of drug-likeness (QED) is 0.413. The second-order valence-electron chi connectivity index (χ2n) is 13.1. The van der Waals surface area contributed by atoms with Gasteiger partial charge < -0.3 is 34.0 Å². The molecule has 1 saturated carbocycles. The molecule has 3 aliphatic heterocycles. The van der Waals surface area contributed by atoms with Crippen LogP contribution in [0.2, 0.25) is 0 Å². The lowest BCUT2D eigenvalue weighted by Crippen LogP contribution is -2.55. The van der Waals surface area contributed by atoms with Crippen LogP contribution < -0.4 is 20.1 Å². The van der Waals surface area contributed by atoms with Gasteiger partial charge in [0.25, 0.3) is 5.56 Å². The number of pyridine rings is 1. The van der Waals surface area contributed by atoms with E-state index in [9.17, 15) is 20.0 Å². The van der Waals surface area contributed by atoms with Gasteiger partial charge in [0.2, 0.25) is 0 Å². The standard InChI is InChI=1S/C33H41N9O4/c1-37-14-17-41(18-15-37)33(9-10-33)22-46-31-35-26-21-39(27-5-3-4-23-7-12-38(2)30(43)28(23)27)13-8-25(26)29(36-31)40-16-19-42(32(44)45)24(20-40)6-11-34/h3-5,7,12,24H,6,8-10,13-22H2,1-2H3,(H,44,45). The smallest absolute Gasteiger partial charge is 0.407 e. The summed E-state index contributed by atoms with van der Waals surface area (Å²) < 4.78 is 8.07. The maximum absolute atomic E-state index is 13.3. The molecule has 13 heteroatoms. The minimum atomic E-state index is -1.01. The van der Waals surface area contributed by atoms with Gasteiger partial charge in [-0.05, 0) is 43.8 Å². The van der Waals surface area contributed by atoms with Crippen molar-refractivity contribution in [1.29, 1.82) is 5.26 Å². The third-order valence-electron chi connectivity index (χ3n) is 10.3. The summed E-state index contributed by atoms with van der Waals surface area (Å²) in [6, 6.07) is 9.94. The SMILES string of the molecule is CN1CCN(C2(COc3nc4c(c(N5CCN(C(=O)O)C(CC#N)C5)n3)CCN(c3cccc5ccn(C)c(=O)c35)C4)CC2)CC1. The molecule has 46 heavy (non-hydrogen) atoms. The van der Waals surface area contributed by atoms with Crippen LogP contribution in [-0.4, -0.2) is 118 Å². The minimum Gasteiger partial charge on any atom is -0.465 e. The zero-order valence-corrected chi connectivity index (χ0v) is 26.6. The van der Waals surface area contributed by atoms with Crippen LogP contribution in [0.3, 0.4) is 0 Å². The van der Waals surface area contributed by atoms with Crippen molar-refractivity contribution in [3.63, 3.8) is 0 Å². The molecule has 1 unspecified atom stereocenters. The molecule has 4 aliphatic rings. The number of ether oxygens (including phenoxy) is 1. The third kappa shape index (κ3) is 5.60. The summed E-state index contributed by atoms with van der Waals surface area (Å²) in [5, 5.41) is 20.8. The highest BCUT2D eigenvalue weighted by molar-refractivity contribution is 5.93. The first-order valence-electron chi connectivity index (χ1n) is 16.2. The molecule has 2 aromatic heterocycles. The monoisotopic (exact) mass is 627 g/mol. The highest BCUT2D eigenvalue weighted by Gasteiger charge is 2.49. The van der Waals surface area contributed by atoms with Crippen molar-refractivity contribution in [2.75, 3.05) is 75.8 Å². The Kier molecular flexibility index (Phi) is 7.94. The molecule has 0 radical (unpaired) electrons. The molecular weight excluding hydrogens is 586 g/mol. The van der Waals surface area contributed by atoms with Crippen molar-refractivity contribution < 1.29 is 14.6 Å². The highest BCUT2D eigenvalue weighted by atomic mass is 16.5. The van der Waals surface area contributed by atoms with Gasteiger partial charge >= 0.3 is 12.1 Å². The van der Waals surface area contributed by atoms with E-state index in [0.717, 1.165) is 67.2 Å². The van der Waals surface area contributed by atoms with E-state index >= 15 is 0 Å². The van der Waals surface area contributed by atoms with Gasteiger partial charge in [-0.3, -0.25) is 9.69 Å². The molecule has 5 heterocycles. The molecular formula is C33H41N9O4. The second kappa shape index (κ2) is 12.1. The number of aromatic nitrogens is 3. The molecule has 1 amide bonds. The first-order chi connectivity index (χ1) is 22.3. The van der Waals surface area contributed by atoms with Crippen molar-refractivity contribution in [1.82, 2.24) is 29.2 Å². The van der Waals surface area contributed by atoms with Crippen molar-refractivity contribution in [2.24, 2.45) is 7.05 Å². The minimum absolute atomic E-state index is 0.0146. The van der Waals surface area contributed by atoms with Crippen LogP contribution in [0.5, 0.6) is 6.01 Å². The Labute approximate surface area is 268 Å². The molecule has 1 aliphatic carbocycles. The van der Waals surface area contributed by atoms with Crippen molar-refractivity contribution >= 4 is 28.4 Å². The Balaban J connectivity index is 1.21. The molecule has 3 aromatic rings. The fourth-order valence-electron chi connectivity index (χ4n) is 7.30. The van der Waals surface area contributed by atoms with E-state index in [1.807, 2.05) is 24.3 Å². The molecule has 1 atom stereocenters. The fraction of sp³-hybridized carbons (Fsp3) is 0.545. The van der Waals surface area contributed by atoms with Crippen LogP contribution in [0.25, 0.3) is 10.8 Å². The largest absolute Gasteiger partial charge is 0.465 e. The van der Waals surface area contributed by atoms with E-state index in [1.54, 1.807) is 17.8 Å². The molecule has 0 spiro atoms. The number of amides is 1. The number of nitriles is 1. The van der Waals surface area contributed by atoms with E-state index in [4.69, 9.17) is 14.7 Å². The lowest BCUT2D eigenvalue weighted by atomic mass is 10.0. The number of nitrogens with zero attached hydrogens (tertiary/aromatic N) is 9. The molecule has 242 valence electrons. The Morgan fingerprint density at radius 3 is 2.61 bits per heavy atom. The van der Waals surface area contributed by atoms with Crippen LogP contribution in [0.1, 0.15) is 30.5 Å². The average molecular weight is 628 g/mol. The predicted octanol–water partition coefficient (Wildman–Crippen LogP) is 2.13. The molecule has 13 nitrogen and oxygen atoms in total. The van der Waals surface area contributed by atoms with Crippen LogP contribution >= 0.6 is 0 Å². The van der Waals surface area contributed by atoms with Crippen LogP contribution in [0, 0.1) is 11.3 Å². The third-order valence-corrected chi connectivity index (χ3v) is 10.3. The summed E-state index contributed by atoms with van der Waals surface area (Å²) >= 11 is 0. The van der Waals surface area contributed by atoms with Crippen molar-refractivity contribution in [2.45, 2.75) is 43.8 Å². The summed E-state index contributed by atoms with van der Waals surface area (Å²) in [4.78, 5) is 45.7. The normalized spacial score (nSPS) is 21.6. The molecule has 7 rings (SSSR count). The Morgan fingerprint density at radius 2 is 1.87 bits per heavy atom. The number of carboxylic acid groups (broad SMARTS) is 1. The second-order valence-corrected chi connectivity index (χ2v) is 13.1. The first-order valence-corrected chi connectivity index (χ1v) is 16.2. The van der Waals surface area contributed by atoms with Crippen LogP contribution in [0.4, 0.5) is 16.3 Å². The lowest BCUT2D eigenvalue weighted by molar-refractivity contribution is 0.0650. The van der Waals surface area contributed by atoms with Gasteiger partial charge in [0.15, 0.2) is 0 Å². The summed E-state index contributed by atoms with van der Waals surface area (Å²) in [6.07, 6.45) is 3.72. The predicted molar refractivity (Wildman–Crippen MR) is 173 cm³/mol. The maximum atomic E-state index is 13.3. The van der Waals surface area contributed by atoms with Crippen molar-refractivity contribution in [3.8, 4) is 12.1 Å². The number of aryl methyl sites for hydroxylation is 1. The zero-order valence-electron chi connectivity index (χ0n) is 26.6. The van der Waals surface area contributed by atoms with E-state index in [2.05, 4.69) is 32.7 Å². The molecule has 2 saturated heterocycles. The van der Waals surface area contributed by atoms with E-state index in [0.29, 0.717) is 50.6 Å². The van der Waals surface area contributed by atoms with Crippen molar-refractivity contribution in [3.05, 3.63) is 52.1 Å². The Bertz CT molecular complexity index is 1740. The van der Waals surface area contributed by atoms with Gasteiger partial charge in [-0.25, -0.2) is 4.79 Å². The molecule has 1 aromatic carbocycles. The van der Waals surface area contributed by atoms with Gasteiger partial charge in [-0.1, -0.05) is 12.1 Å². The molecule has 1 N–H and O–H groups in total. The van der Waals surface area contributed by atoms with Gasteiger partial charge in [0, 0.05) is 71.2 Å². The Hall–Kier alpha value is -4.41. The van der Waals surface area contributed by atoms with Crippen LogP contribution in [-0.2, 0) is 20.0 Å². The van der Waals surface area contributed by atoms with Crippen LogP contribution in [0.15, 0.2) is 35.3 Å². The summed E-state index contributed by atoms with van der Waals surface area (Å²) in [6.45, 7) is 6.91. The number of benzene rings is 1. The van der Waals surface area contributed by atoms with E-state index < -0.39 is 12.1 Å². The van der Waals surface area contributed by atoms with Gasteiger partial charge in [0.05, 0.1) is 47.4 Å². The topological polar surface area (TPSA) is 134 Å².